The van der Waals surface area contributed by atoms with Crippen LogP contribution < -0.4 is 17.0 Å². The lowest BCUT2D eigenvalue weighted by atomic mass is 10.3. The molecule has 0 aliphatic rings. The lowest BCUT2D eigenvalue weighted by Gasteiger charge is -1.97. The van der Waals surface area contributed by atoms with Crippen LogP contribution in [0.4, 0.5) is 0 Å². The van der Waals surface area contributed by atoms with E-state index in [-0.39, 0.29) is 31.5 Å². The molecule has 1 N–H and O–H groups in total. The van der Waals surface area contributed by atoms with Gasteiger partial charge in [0.15, 0.2) is 5.69 Å². The number of rotatable bonds is 5. The maximum Gasteiger partial charge on any atom is 0.372 e. The SMILES string of the molecule is CCOC(=O)C[n+]1csc(CCO)c1C.[Cl-]. The molecule has 0 saturated carbocycles. The fraction of sp³-hybridized carbons (Fsp3) is 0.600. The number of aliphatic hydroxyl groups is 1. The molecule has 0 saturated heterocycles. The molecular weight excluding hydrogens is 250 g/mol. The molecule has 1 aromatic rings. The van der Waals surface area contributed by atoms with E-state index < -0.39 is 0 Å². The van der Waals surface area contributed by atoms with Crippen LogP contribution in [-0.2, 0) is 22.5 Å². The Morgan fingerprint density at radius 2 is 2.31 bits per heavy atom. The molecule has 4 nitrogen and oxygen atoms in total. The smallest absolute Gasteiger partial charge is 0.372 e. The van der Waals surface area contributed by atoms with Gasteiger partial charge in [-0.3, -0.25) is 0 Å². The normalized spacial score (nSPS) is 9.69. The van der Waals surface area contributed by atoms with Crippen LogP contribution in [0.3, 0.4) is 0 Å². The molecule has 0 fully saturated rings. The molecule has 1 heterocycles. The van der Waals surface area contributed by atoms with Gasteiger partial charge >= 0.3 is 5.97 Å². The minimum absolute atomic E-state index is 0. The Bertz CT molecular complexity index is 341. The summed E-state index contributed by atoms with van der Waals surface area (Å²) in [6.45, 7) is 4.54. The minimum Gasteiger partial charge on any atom is -1.00 e. The summed E-state index contributed by atoms with van der Waals surface area (Å²) in [5.74, 6) is -0.223. The van der Waals surface area contributed by atoms with Crippen molar-refractivity contribution in [3.8, 4) is 0 Å². The Balaban J connectivity index is 0.00000225. The number of ether oxygens (including phenoxy) is 1. The molecule has 1 rings (SSSR count). The van der Waals surface area contributed by atoms with E-state index >= 15 is 0 Å². The summed E-state index contributed by atoms with van der Waals surface area (Å²) in [5, 5.41) is 8.83. The van der Waals surface area contributed by atoms with Crippen molar-refractivity contribution in [2.75, 3.05) is 13.2 Å². The standard InChI is InChI=1S/C10H16NO3S.ClH/c1-3-14-10(13)6-11-7-15-9(4-5-12)8(11)2;/h7,12H,3-6H2,1-2H3;1H/q+1;/p-1. The molecule has 0 spiro atoms. The van der Waals surface area contributed by atoms with Crippen molar-refractivity contribution in [1.29, 1.82) is 0 Å². The van der Waals surface area contributed by atoms with Crippen LogP contribution in [0.15, 0.2) is 5.51 Å². The first-order valence-electron chi connectivity index (χ1n) is 4.92. The highest BCUT2D eigenvalue weighted by molar-refractivity contribution is 7.09. The highest BCUT2D eigenvalue weighted by Crippen LogP contribution is 2.10. The van der Waals surface area contributed by atoms with Crippen LogP contribution in [0.25, 0.3) is 0 Å². The summed E-state index contributed by atoms with van der Waals surface area (Å²) >= 11 is 1.56. The van der Waals surface area contributed by atoms with E-state index in [0.717, 1.165) is 10.6 Å². The summed E-state index contributed by atoms with van der Waals surface area (Å²) in [7, 11) is 0. The second-order valence-electron chi connectivity index (χ2n) is 3.14. The number of carbonyl (C=O) groups excluding carboxylic acids is 1. The van der Waals surface area contributed by atoms with Gasteiger partial charge in [-0.2, -0.15) is 4.57 Å². The molecule has 0 amide bonds. The average molecular weight is 266 g/mol. The highest BCUT2D eigenvalue weighted by atomic mass is 35.5. The number of aromatic nitrogens is 1. The van der Waals surface area contributed by atoms with Crippen molar-refractivity contribution in [3.05, 3.63) is 16.1 Å². The first-order chi connectivity index (χ1) is 7.19. The van der Waals surface area contributed by atoms with Gasteiger partial charge in [-0.1, -0.05) is 11.3 Å². The van der Waals surface area contributed by atoms with E-state index in [4.69, 9.17) is 9.84 Å². The molecule has 0 atom stereocenters. The second kappa shape index (κ2) is 7.60. The predicted molar refractivity (Wildman–Crippen MR) is 56.7 cm³/mol. The van der Waals surface area contributed by atoms with E-state index in [1.807, 2.05) is 17.0 Å². The van der Waals surface area contributed by atoms with Crippen LogP contribution >= 0.6 is 11.3 Å². The van der Waals surface area contributed by atoms with Crippen molar-refractivity contribution in [1.82, 2.24) is 0 Å². The number of carbonyl (C=O) groups is 1. The lowest BCUT2D eigenvalue weighted by molar-refractivity contribution is -0.687. The van der Waals surface area contributed by atoms with Crippen molar-refractivity contribution >= 4 is 17.3 Å². The van der Waals surface area contributed by atoms with Gasteiger partial charge in [0.05, 0.1) is 11.5 Å². The second-order valence-corrected chi connectivity index (χ2v) is 4.08. The van der Waals surface area contributed by atoms with E-state index in [1.165, 1.54) is 0 Å². The molecule has 0 aromatic carbocycles. The molecule has 0 radical (unpaired) electrons. The van der Waals surface area contributed by atoms with Crippen molar-refractivity contribution in [2.24, 2.45) is 0 Å². The summed E-state index contributed by atoms with van der Waals surface area (Å²) in [6, 6.07) is 0. The third-order valence-corrected chi connectivity index (χ3v) is 3.24. The van der Waals surface area contributed by atoms with Gasteiger partial charge in [0, 0.05) is 20.0 Å². The molecule has 16 heavy (non-hydrogen) atoms. The van der Waals surface area contributed by atoms with E-state index in [0.29, 0.717) is 13.0 Å². The van der Waals surface area contributed by atoms with Crippen LogP contribution in [0.5, 0.6) is 0 Å². The molecule has 92 valence electrons. The summed E-state index contributed by atoms with van der Waals surface area (Å²) < 4.78 is 6.72. The number of aliphatic hydroxyl groups excluding tert-OH is 1. The zero-order chi connectivity index (χ0) is 11.3. The maximum absolute atomic E-state index is 11.2. The van der Waals surface area contributed by atoms with Crippen LogP contribution in [0.1, 0.15) is 17.5 Å². The van der Waals surface area contributed by atoms with E-state index in [2.05, 4.69) is 0 Å². The molecule has 1 aromatic heterocycles. The van der Waals surface area contributed by atoms with Gasteiger partial charge < -0.3 is 22.3 Å². The Morgan fingerprint density at radius 3 is 2.88 bits per heavy atom. The summed E-state index contributed by atoms with van der Waals surface area (Å²) in [6.07, 6.45) is 0.645. The van der Waals surface area contributed by atoms with Crippen LogP contribution in [0.2, 0.25) is 0 Å². The lowest BCUT2D eigenvalue weighted by Crippen LogP contribution is -3.00. The molecule has 0 unspecified atom stereocenters. The van der Waals surface area contributed by atoms with Gasteiger partial charge in [0.2, 0.25) is 12.1 Å². The summed E-state index contributed by atoms with van der Waals surface area (Å²) in [4.78, 5) is 12.4. The number of thiazole rings is 1. The number of esters is 1. The maximum atomic E-state index is 11.2. The van der Waals surface area contributed by atoms with E-state index in [1.54, 1.807) is 18.3 Å². The molecule has 6 heteroatoms. The first-order valence-corrected chi connectivity index (χ1v) is 5.79. The largest absolute Gasteiger partial charge is 1.00 e. The molecular formula is C10H16ClNO3S. The fourth-order valence-electron chi connectivity index (χ4n) is 1.29. The Kier molecular flexibility index (Phi) is 7.29. The van der Waals surface area contributed by atoms with Crippen molar-refractivity contribution < 1.29 is 31.6 Å². The Labute approximate surface area is 105 Å². The fourth-order valence-corrected chi connectivity index (χ4v) is 2.28. The molecule has 0 aliphatic carbocycles. The minimum atomic E-state index is -0.223. The number of hydrogen-bond acceptors (Lipinski definition) is 4. The Morgan fingerprint density at radius 1 is 1.62 bits per heavy atom. The van der Waals surface area contributed by atoms with Crippen molar-refractivity contribution in [3.63, 3.8) is 0 Å². The predicted octanol–water partition coefficient (Wildman–Crippen LogP) is -2.55. The zero-order valence-electron chi connectivity index (χ0n) is 9.40. The monoisotopic (exact) mass is 265 g/mol. The van der Waals surface area contributed by atoms with Gasteiger partial charge in [0.1, 0.15) is 0 Å². The number of nitrogens with zero attached hydrogens (tertiary/aromatic N) is 1. The molecule has 0 bridgehead atoms. The third kappa shape index (κ3) is 4.08. The first kappa shape index (κ1) is 15.3. The number of hydrogen-bond donors (Lipinski definition) is 1. The van der Waals surface area contributed by atoms with Gasteiger partial charge in [-0.25, -0.2) is 4.79 Å². The molecule has 0 aliphatic heterocycles. The topological polar surface area (TPSA) is 50.4 Å². The quantitative estimate of drug-likeness (QED) is 0.471. The number of halogens is 1. The zero-order valence-corrected chi connectivity index (χ0v) is 11.0. The summed E-state index contributed by atoms with van der Waals surface area (Å²) in [5.41, 5.74) is 2.92. The van der Waals surface area contributed by atoms with Crippen molar-refractivity contribution in [2.45, 2.75) is 26.8 Å². The highest BCUT2D eigenvalue weighted by Gasteiger charge is 2.18. The average Bonchev–Trinajstić information content (AvgIpc) is 2.51. The van der Waals surface area contributed by atoms with Gasteiger partial charge in [-0.05, 0) is 6.92 Å². The Hall–Kier alpha value is -0.650. The van der Waals surface area contributed by atoms with Crippen LogP contribution in [-0.4, -0.2) is 24.3 Å². The van der Waals surface area contributed by atoms with Gasteiger partial charge in [-0.15, -0.1) is 0 Å². The van der Waals surface area contributed by atoms with Gasteiger partial charge in [0.25, 0.3) is 0 Å². The third-order valence-electron chi connectivity index (χ3n) is 2.10. The van der Waals surface area contributed by atoms with Crippen LogP contribution in [0, 0.1) is 6.92 Å². The van der Waals surface area contributed by atoms with E-state index in [9.17, 15) is 4.79 Å².